The van der Waals surface area contributed by atoms with E-state index in [1.165, 1.54) is 31.5 Å². The number of piperidine rings is 1. The minimum atomic E-state index is 0.882. The van der Waals surface area contributed by atoms with E-state index < -0.39 is 0 Å². The van der Waals surface area contributed by atoms with Crippen LogP contribution in [0.25, 0.3) is 0 Å². The number of likely N-dealkylation sites (tertiary alicyclic amines) is 1. The number of hydrogen-bond acceptors (Lipinski definition) is 2. The Morgan fingerprint density at radius 3 is 2.69 bits per heavy atom. The molecule has 1 aromatic rings. The van der Waals surface area contributed by atoms with E-state index in [0.717, 1.165) is 22.6 Å². The van der Waals surface area contributed by atoms with E-state index in [0.29, 0.717) is 0 Å². The predicted molar refractivity (Wildman–Crippen MR) is 72.2 cm³/mol. The first kappa shape index (κ1) is 11.9. The molecule has 1 saturated heterocycles. The van der Waals surface area contributed by atoms with Crippen molar-refractivity contribution < 1.29 is 0 Å². The third-order valence-corrected chi connectivity index (χ3v) is 4.16. The number of halogens is 1. The van der Waals surface area contributed by atoms with Gasteiger partial charge in [0.2, 0.25) is 0 Å². The standard InChI is InChI=1S/C13H19BrN2/c1-10-5-7-16(8-6-10)9-11-12(14)3-2-4-13(11)15/h2-4,10H,5-9,15H2,1H3. The van der Waals surface area contributed by atoms with E-state index in [-0.39, 0.29) is 0 Å². The summed E-state index contributed by atoms with van der Waals surface area (Å²) in [5.41, 5.74) is 8.14. The highest BCUT2D eigenvalue weighted by Gasteiger charge is 2.17. The zero-order valence-corrected chi connectivity index (χ0v) is 11.3. The topological polar surface area (TPSA) is 29.3 Å². The molecule has 3 heteroatoms. The number of nitrogens with zero attached hydrogens (tertiary/aromatic N) is 1. The molecule has 1 aliphatic rings. The molecule has 88 valence electrons. The molecule has 1 aliphatic heterocycles. The Hall–Kier alpha value is -0.540. The number of anilines is 1. The second kappa shape index (κ2) is 5.19. The predicted octanol–water partition coefficient (Wildman–Crippen LogP) is 3.26. The van der Waals surface area contributed by atoms with Crippen LogP contribution in [0, 0.1) is 5.92 Å². The van der Waals surface area contributed by atoms with Crippen molar-refractivity contribution in [3.8, 4) is 0 Å². The van der Waals surface area contributed by atoms with Crippen LogP contribution in [0.15, 0.2) is 22.7 Å². The first-order valence-corrected chi connectivity index (χ1v) is 6.71. The average Bonchev–Trinajstić information content (AvgIpc) is 2.26. The number of rotatable bonds is 2. The lowest BCUT2D eigenvalue weighted by Crippen LogP contribution is -2.32. The molecule has 2 rings (SSSR count). The van der Waals surface area contributed by atoms with Crippen molar-refractivity contribution in [3.05, 3.63) is 28.2 Å². The Balaban J connectivity index is 2.04. The quantitative estimate of drug-likeness (QED) is 0.844. The Bertz CT molecular complexity index is 337. The molecule has 16 heavy (non-hydrogen) atoms. The Labute approximate surface area is 106 Å². The van der Waals surface area contributed by atoms with Gasteiger partial charge >= 0.3 is 0 Å². The zero-order valence-electron chi connectivity index (χ0n) is 9.75. The average molecular weight is 283 g/mol. The fraction of sp³-hybridized carbons (Fsp3) is 0.538. The molecule has 0 amide bonds. The Morgan fingerprint density at radius 2 is 2.06 bits per heavy atom. The van der Waals surface area contributed by atoms with E-state index in [4.69, 9.17) is 5.73 Å². The van der Waals surface area contributed by atoms with Crippen molar-refractivity contribution in [1.82, 2.24) is 4.90 Å². The van der Waals surface area contributed by atoms with E-state index >= 15 is 0 Å². The van der Waals surface area contributed by atoms with Crippen molar-refractivity contribution in [1.29, 1.82) is 0 Å². The summed E-state index contributed by atoms with van der Waals surface area (Å²) in [5.74, 6) is 0.882. The van der Waals surface area contributed by atoms with Gasteiger partial charge in [-0.1, -0.05) is 28.9 Å². The van der Waals surface area contributed by atoms with Crippen molar-refractivity contribution in [2.24, 2.45) is 5.92 Å². The fourth-order valence-electron chi connectivity index (χ4n) is 2.19. The minimum absolute atomic E-state index is 0.882. The fourth-order valence-corrected chi connectivity index (χ4v) is 2.69. The van der Waals surface area contributed by atoms with Crippen molar-refractivity contribution >= 4 is 21.6 Å². The van der Waals surface area contributed by atoms with Gasteiger partial charge in [0.05, 0.1) is 0 Å². The maximum absolute atomic E-state index is 6.01. The molecule has 0 radical (unpaired) electrons. The van der Waals surface area contributed by atoms with Gasteiger partial charge in [-0.25, -0.2) is 0 Å². The first-order chi connectivity index (χ1) is 7.66. The molecule has 1 fully saturated rings. The van der Waals surface area contributed by atoms with E-state index in [1.54, 1.807) is 0 Å². The van der Waals surface area contributed by atoms with Crippen LogP contribution < -0.4 is 5.73 Å². The van der Waals surface area contributed by atoms with Crippen LogP contribution in [0.3, 0.4) is 0 Å². The second-order valence-electron chi connectivity index (χ2n) is 4.77. The SMILES string of the molecule is CC1CCN(Cc2c(N)cccc2Br)CC1. The molecule has 0 saturated carbocycles. The maximum Gasteiger partial charge on any atom is 0.0371 e. The van der Waals surface area contributed by atoms with Gasteiger partial charge in [-0.15, -0.1) is 0 Å². The first-order valence-electron chi connectivity index (χ1n) is 5.92. The normalized spacial score (nSPS) is 18.9. The molecular weight excluding hydrogens is 264 g/mol. The van der Waals surface area contributed by atoms with Crippen LogP contribution in [0.5, 0.6) is 0 Å². The Morgan fingerprint density at radius 1 is 1.38 bits per heavy atom. The minimum Gasteiger partial charge on any atom is -0.398 e. The molecule has 1 heterocycles. The molecule has 0 spiro atoms. The van der Waals surface area contributed by atoms with Crippen molar-refractivity contribution in [2.75, 3.05) is 18.8 Å². The monoisotopic (exact) mass is 282 g/mol. The van der Waals surface area contributed by atoms with E-state index in [1.807, 2.05) is 12.1 Å². The molecule has 0 atom stereocenters. The van der Waals surface area contributed by atoms with Crippen LogP contribution >= 0.6 is 15.9 Å². The largest absolute Gasteiger partial charge is 0.398 e. The van der Waals surface area contributed by atoms with Crippen LogP contribution in [-0.2, 0) is 6.54 Å². The zero-order chi connectivity index (χ0) is 11.5. The summed E-state index contributed by atoms with van der Waals surface area (Å²) in [4.78, 5) is 2.50. The van der Waals surface area contributed by atoms with Gasteiger partial charge in [-0.3, -0.25) is 4.90 Å². The number of nitrogen functional groups attached to an aromatic ring is 1. The van der Waals surface area contributed by atoms with Crippen LogP contribution in [-0.4, -0.2) is 18.0 Å². The molecule has 1 aromatic carbocycles. The van der Waals surface area contributed by atoms with Crippen LogP contribution in [0.4, 0.5) is 5.69 Å². The van der Waals surface area contributed by atoms with Crippen molar-refractivity contribution in [2.45, 2.75) is 26.3 Å². The van der Waals surface area contributed by atoms with Gasteiger partial charge in [0.15, 0.2) is 0 Å². The molecule has 2 nitrogen and oxygen atoms in total. The highest BCUT2D eigenvalue weighted by atomic mass is 79.9. The van der Waals surface area contributed by atoms with Gasteiger partial charge in [-0.05, 0) is 44.0 Å². The van der Waals surface area contributed by atoms with E-state index in [2.05, 4.69) is 33.8 Å². The summed E-state index contributed by atoms with van der Waals surface area (Å²) in [6, 6.07) is 6.03. The third kappa shape index (κ3) is 2.77. The van der Waals surface area contributed by atoms with Gasteiger partial charge < -0.3 is 5.73 Å². The van der Waals surface area contributed by atoms with E-state index in [9.17, 15) is 0 Å². The summed E-state index contributed by atoms with van der Waals surface area (Å²) in [5, 5.41) is 0. The molecule has 0 bridgehead atoms. The van der Waals surface area contributed by atoms with Crippen LogP contribution in [0.1, 0.15) is 25.3 Å². The lowest BCUT2D eigenvalue weighted by Gasteiger charge is -2.30. The van der Waals surface area contributed by atoms with Crippen LogP contribution in [0.2, 0.25) is 0 Å². The molecule has 0 unspecified atom stereocenters. The molecule has 0 aromatic heterocycles. The lowest BCUT2D eigenvalue weighted by atomic mass is 9.99. The number of benzene rings is 1. The highest BCUT2D eigenvalue weighted by Crippen LogP contribution is 2.26. The van der Waals surface area contributed by atoms with Gasteiger partial charge in [-0.2, -0.15) is 0 Å². The van der Waals surface area contributed by atoms with Crippen molar-refractivity contribution in [3.63, 3.8) is 0 Å². The number of nitrogens with two attached hydrogens (primary N) is 1. The number of hydrogen-bond donors (Lipinski definition) is 1. The van der Waals surface area contributed by atoms with Gasteiger partial charge in [0.25, 0.3) is 0 Å². The second-order valence-corrected chi connectivity index (χ2v) is 5.62. The highest BCUT2D eigenvalue weighted by molar-refractivity contribution is 9.10. The molecule has 2 N–H and O–H groups in total. The summed E-state index contributed by atoms with van der Waals surface area (Å²) < 4.78 is 1.13. The summed E-state index contributed by atoms with van der Waals surface area (Å²) in [6.07, 6.45) is 2.62. The summed E-state index contributed by atoms with van der Waals surface area (Å²) >= 11 is 3.58. The smallest absolute Gasteiger partial charge is 0.0371 e. The van der Waals surface area contributed by atoms with Gasteiger partial charge in [0.1, 0.15) is 0 Å². The summed E-state index contributed by atoms with van der Waals surface area (Å²) in [6.45, 7) is 5.70. The maximum atomic E-state index is 6.01. The molecular formula is C13H19BrN2. The van der Waals surface area contributed by atoms with Gasteiger partial charge in [0, 0.05) is 22.3 Å². The third-order valence-electron chi connectivity index (χ3n) is 3.41. The summed E-state index contributed by atoms with van der Waals surface area (Å²) in [7, 11) is 0. The Kier molecular flexibility index (Phi) is 3.87. The lowest BCUT2D eigenvalue weighted by molar-refractivity contribution is 0.185. The molecule has 0 aliphatic carbocycles.